The highest BCUT2D eigenvalue weighted by Gasteiger charge is 2.48. The molecule has 0 fully saturated rings. The summed E-state index contributed by atoms with van der Waals surface area (Å²) in [5.74, 6) is 3.73. The zero-order valence-corrected chi connectivity index (χ0v) is 34.3. The van der Waals surface area contributed by atoms with Crippen LogP contribution >= 0.6 is 15.8 Å². The van der Waals surface area contributed by atoms with Crippen LogP contribution in [0, 0.1) is 61.3 Å². The Morgan fingerprint density at radius 2 is 0.925 bits per heavy atom. The third-order valence-corrected chi connectivity index (χ3v) is 15.9. The summed E-state index contributed by atoms with van der Waals surface area (Å²) in [5, 5.41) is 6.79. The Kier molecular flexibility index (Phi) is 9.67. The zero-order valence-electron chi connectivity index (χ0n) is 32.5. The van der Waals surface area contributed by atoms with Gasteiger partial charge in [0.25, 0.3) is 0 Å². The Balaban J connectivity index is 1.45. The van der Waals surface area contributed by atoms with Crippen molar-refractivity contribution < 1.29 is 18.9 Å². The molecule has 0 amide bonds. The molecule has 0 spiro atoms. The first-order chi connectivity index (χ1) is 25.4. The number of fused-ring (bicyclic) bond motifs is 1. The van der Waals surface area contributed by atoms with Gasteiger partial charge in [-0.05, 0) is 116 Å². The van der Waals surface area contributed by atoms with Crippen molar-refractivity contribution in [2.75, 3.05) is 13.6 Å². The number of hydrogen-bond acceptors (Lipinski definition) is 4. The van der Waals surface area contributed by atoms with Crippen LogP contribution in [0.2, 0.25) is 0 Å². The first-order valence-corrected chi connectivity index (χ1v) is 21.5. The van der Waals surface area contributed by atoms with Gasteiger partial charge in [0.1, 0.15) is 11.5 Å². The van der Waals surface area contributed by atoms with Gasteiger partial charge in [-0.15, -0.1) is 0 Å². The fourth-order valence-electron chi connectivity index (χ4n) is 9.06. The summed E-state index contributed by atoms with van der Waals surface area (Å²) < 4.78 is 25.9. The minimum Gasteiger partial charge on any atom is -0.458 e. The second-order valence-corrected chi connectivity index (χ2v) is 20.3. The van der Waals surface area contributed by atoms with E-state index in [0.717, 1.165) is 29.4 Å². The molecule has 272 valence electrons. The van der Waals surface area contributed by atoms with Crippen molar-refractivity contribution in [3.63, 3.8) is 0 Å². The topological polar surface area (TPSA) is 36.9 Å². The van der Waals surface area contributed by atoms with Crippen molar-refractivity contribution >= 4 is 42.4 Å². The predicted molar refractivity (Wildman–Crippen MR) is 223 cm³/mol. The van der Waals surface area contributed by atoms with E-state index < -0.39 is 15.8 Å². The highest BCUT2D eigenvalue weighted by atomic mass is 31.1. The average Bonchev–Trinajstić information content (AvgIpc) is 3.75. The highest BCUT2D eigenvalue weighted by molar-refractivity contribution is 7.80. The highest BCUT2D eigenvalue weighted by Crippen LogP contribution is 2.60. The molecule has 1 aliphatic carbocycles. The lowest BCUT2D eigenvalue weighted by molar-refractivity contribution is 0.0637. The fraction of sp³-hybridized carbons (Fsp3) is 0.319. The molecule has 0 saturated carbocycles. The lowest BCUT2D eigenvalue weighted by Gasteiger charge is -2.41. The standard InChI is InChI=1S/C47H50O4P2/c1-27-12-28(2)17-36(16-27)52(37-18-29(3)13-30(4)19-37)41-11-10-40-46(50-25-48-40)43(41)44-42(24-35(9)45-47(44)51-26-49-45)53(38-20-31(5)14-32(6)21-38)39-22-33(7)15-34(8)23-39/h10-23,35,42,44H,24-26H2,1-9H3/t35-,42?,44+/m1/s1. The summed E-state index contributed by atoms with van der Waals surface area (Å²) in [7, 11) is -1.88. The van der Waals surface area contributed by atoms with Gasteiger partial charge in [0.05, 0.1) is 5.92 Å². The number of allylic oxidation sites excluding steroid dienone is 2. The fourth-order valence-corrected chi connectivity index (χ4v) is 15.5. The molecule has 5 aromatic carbocycles. The monoisotopic (exact) mass is 740 g/mol. The van der Waals surface area contributed by atoms with Crippen LogP contribution in [0.1, 0.15) is 69.3 Å². The van der Waals surface area contributed by atoms with E-state index in [4.69, 9.17) is 18.9 Å². The van der Waals surface area contributed by atoms with E-state index >= 15 is 0 Å². The molecule has 0 N–H and O–H groups in total. The maximum absolute atomic E-state index is 6.70. The van der Waals surface area contributed by atoms with Gasteiger partial charge in [-0.25, -0.2) is 0 Å². The Morgan fingerprint density at radius 1 is 0.491 bits per heavy atom. The van der Waals surface area contributed by atoms with Crippen LogP contribution in [0.15, 0.2) is 96.4 Å². The van der Waals surface area contributed by atoms with Gasteiger partial charge in [0, 0.05) is 17.1 Å². The Bertz CT molecular complexity index is 2090. The third kappa shape index (κ3) is 6.90. The number of hydrogen-bond donors (Lipinski definition) is 0. The lowest BCUT2D eigenvalue weighted by atomic mass is 9.81. The number of rotatable bonds is 7. The van der Waals surface area contributed by atoms with Gasteiger partial charge in [-0.2, -0.15) is 0 Å². The van der Waals surface area contributed by atoms with E-state index in [0.29, 0.717) is 0 Å². The molecule has 4 nitrogen and oxygen atoms in total. The Hall–Kier alpha value is -4.10. The van der Waals surface area contributed by atoms with Gasteiger partial charge in [0.2, 0.25) is 13.6 Å². The molecule has 1 unspecified atom stereocenters. The van der Waals surface area contributed by atoms with Crippen molar-refractivity contribution in [2.24, 2.45) is 5.92 Å². The quantitative estimate of drug-likeness (QED) is 0.156. The van der Waals surface area contributed by atoms with E-state index in [1.807, 2.05) is 0 Å². The summed E-state index contributed by atoms with van der Waals surface area (Å²) in [6.07, 6.45) is 0.966. The van der Waals surface area contributed by atoms with Gasteiger partial charge in [-0.3, -0.25) is 0 Å². The maximum atomic E-state index is 6.70. The molecule has 8 rings (SSSR count). The van der Waals surface area contributed by atoms with E-state index in [9.17, 15) is 0 Å². The van der Waals surface area contributed by atoms with Crippen LogP contribution in [-0.4, -0.2) is 19.2 Å². The lowest BCUT2D eigenvalue weighted by Crippen LogP contribution is -2.37. The number of benzene rings is 5. The van der Waals surface area contributed by atoms with Crippen molar-refractivity contribution in [1.29, 1.82) is 0 Å². The van der Waals surface area contributed by atoms with Gasteiger partial charge in [0.15, 0.2) is 11.5 Å². The zero-order chi connectivity index (χ0) is 37.1. The van der Waals surface area contributed by atoms with Crippen molar-refractivity contribution in [1.82, 2.24) is 0 Å². The van der Waals surface area contributed by atoms with E-state index in [2.05, 4.69) is 147 Å². The smallest absolute Gasteiger partial charge is 0.231 e. The van der Waals surface area contributed by atoms with Crippen molar-refractivity contribution in [3.05, 3.63) is 147 Å². The molecule has 3 aliphatic rings. The molecule has 3 atom stereocenters. The number of ether oxygens (including phenoxy) is 4. The summed E-state index contributed by atoms with van der Waals surface area (Å²) in [4.78, 5) is 0. The third-order valence-electron chi connectivity index (χ3n) is 10.7. The summed E-state index contributed by atoms with van der Waals surface area (Å²) in [5.41, 5.74) is 11.7. The summed E-state index contributed by atoms with van der Waals surface area (Å²) >= 11 is 0. The summed E-state index contributed by atoms with van der Waals surface area (Å²) in [6, 6.07) is 32.9. The minimum atomic E-state index is -1.01. The normalized spacial score (nSPS) is 19.1. The minimum absolute atomic E-state index is 0.107. The molecular weight excluding hydrogens is 690 g/mol. The molecule has 0 radical (unpaired) electrons. The molecule has 5 aromatic rings. The molecule has 53 heavy (non-hydrogen) atoms. The van der Waals surface area contributed by atoms with Crippen molar-refractivity contribution in [2.45, 2.75) is 80.3 Å². The van der Waals surface area contributed by atoms with E-state index in [1.165, 1.54) is 76.6 Å². The van der Waals surface area contributed by atoms with Crippen LogP contribution in [-0.2, 0) is 9.47 Å². The average molecular weight is 741 g/mol. The molecule has 6 heteroatoms. The van der Waals surface area contributed by atoms with Crippen molar-refractivity contribution in [3.8, 4) is 11.5 Å². The van der Waals surface area contributed by atoms with Crippen LogP contribution in [0.4, 0.5) is 0 Å². The van der Waals surface area contributed by atoms with Gasteiger partial charge in [-0.1, -0.05) is 124 Å². The second-order valence-electron chi connectivity index (χ2n) is 15.6. The van der Waals surface area contributed by atoms with Crippen LogP contribution in [0.5, 0.6) is 11.5 Å². The molecule has 0 saturated heterocycles. The number of aryl methyl sites for hydroxylation is 8. The first-order valence-electron chi connectivity index (χ1n) is 18.8. The summed E-state index contributed by atoms with van der Waals surface area (Å²) in [6.45, 7) is 20.6. The first kappa shape index (κ1) is 35.9. The Labute approximate surface area is 318 Å². The molecule has 2 heterocycles. The van der Waals surface area contributed by atoms with Crippen LogP contribution < -0.4 is 36.0 Å². The van der Waals surface area contributed by atoms with Crippen LogP contribution in [0.25, 0.3) is 0 Å². The van der Waals surface area contributed by atoms with E-state index in [1.54, 1.807) is 0 Å². The molecule has 0 aromatic heterocycles. The molecular formula is C47H50O4P2. The van der Waals surface area contributed by atoms with Crippen LogP contribution in [0.3, 0.4) is 0 Å². The SMILES string of the molecule is Cc1cc(C)cc(P(c2cc(C)cc(C)c2)c2ccc3c(c2[C@H]2C4=C(OCO4)[C@H](C)CC2P(c2cc(C)cc(C)c2)c2cc(C)cc(C)c2)OCO3)c1. The largest absolute Gasteiger partial charge is 0.458 e. The Morgan fingerprint density at radius 3 is 1.42 bits per heavy atom. The maximum Gasteiger partial charge on any atom is 0.231 e. The molecule has 0 bridgehead atoms. The van der Waals surface area contributed by atoms with Gasteiger partial charge < -0.3 is 18.9 Å². The second kappa shape index (κ2) is 14.3. The van der Waals surface area contributed by atoms with E-state index in [-0.39, 0.29) is 31.1 Å². The van der Waals surface area contributed by atoms with Gasteiger partial charge >= 0.3 is 0 Å². The molecule has 2 aliphatic heterocycles. The predicted octanol–water partition coefficient (Wildman–Crippen LogP) is 9.48.